The molecule has 1 rings (SSSR count). The predicted octanol–water partition coefficient (Wildman–Crippen LogP) is -7.49. The number of nitrogens with two attached hydrogens (primary N) is 10. The molecule has 33 nitrogen and oxygen atoms in total. The number of carbonyl (C=O) groups is 10. The van der Waals surface area contributed by atoms with Crippen molar-refractivity contribution in [3.05, 3.63) is 35.9 Å². The number of carboxylic acids is 1. The Morgan fingerprint density at radius 2 is 0.762 bits per heavy atom. The number of aliphatic imine (C=N–C) groups is 4. The summed E-state index contributed by atoms with van der Waals surface area (Å²) in [5.41, 5.74) is 55.4. The van der Waals surface area contributed by atoms with Gasteiger partial charge in [0.05, 0.1) is 12.5 Å². The fourth-order valence-corrected chi connectivity index (χ4v) is 8.22. The second kappa shape index (κ2) is 40.0. The molecule has 0 saturated carbocycles. The quantitative estimate of drug-likeness (QED) is 0.0125. The minimum absolute atomic E-state index is 0.0143. The van der Waals surface area contributed by atoms with E-state index in [1.807, 2.05) is 0 Å². The van der Waals surface area contributed by atoms with E-state index >= 15 is 0 Å². The second-order valence-electron chi connectivity index (χ2n) is 19.6. The number of thiol groups is 2. The molecule has 0 unspecified atom stereocenters. The molecule has 0 fully saturated rings. The van der Waals surface area contributed by atoms with Crippen LogP contribution in [0.25, 0.3) is 0 Å². The number of rotatable bonds is 41. The average molecular weight is 1220 g/mol. The topological polar surface area (TPSA) is 597 Å². The fourth-order valence-electron chi connectivity index (χ4n) is 7.70. The highest BCUT2D eigenvalue weighted by Gasteiger charge is 2.35. The molecule has 0 aliphatic heterocycles. The minimum atomic E-state index is -1.68. The molecule has 0 saturated heterocycles. The summed E-state index contributed by atoms with van der Waals surface area (Å²) in [6.07, 6.45) is -0.471. The van der Waals surface area contributed by atoms with Gasteiger partial charge in [-0.25, -0.2) is 4.79 Å². The summed E-state index contributed by atoms with van der Waals surface area (Å²) in [5, 5.41) is 30.0. The minimum Gasteiger partial charge on any atom is -0.480 e. The number of nitrogens with zero attached hydrogens (tertiary/aromatic N) is 4. The maximum atomic E-state index is 14.5. The molecular formula is C49H86N22O11S2. The Hall–Kier alpha value is -8.34. The normalized spacial score (nSPS) is 14.0. The van der Waals surface area contributed by atoms with Crippen molar-refractivity contribution in [3.8, 4) is 0 Å². The highest BCUT2D eigenvalue weighted by Crippen LogP contribution is 2.12. The van der Waals surface area contributed by atoms with Crippen LogP contribution in [-0.2, 0) is 54.4 Å². The number of hydrogen-bond donors (Lipinski definition) is 21. The fraction of sp³-hybridized carbons (Fsp3) is 0.592. The summed E-state index contributed by atoms with van der Waals surface area (Å²) in [4.78, 5) is 151. The van der Waals surface area contributed by atoms with Crippen LogP contribution in [0.1, 0.15) is 83.6 Å². The van der Waals surface area contributed by atoms with E-state index in [2.05, 4.69) is 87.8 Å². The van der Waals surface area contributed by atoms with E-state index < -0.39 is 120 Å². The van der Waals surface area contributed by atoms with Gasteiger partial charge in [0.15, 0.2) is 23.8 Å². The number of benzene rings is 1. The monoisotopic (exact) mass is 1220 g/mol. The first-order valence-corrected chi connectivity index (χ1v) is 28.0. The predicted molar refractivity (Wildman–Crippen MR) is 322 cm³/mol. The number of carbonyl (C=O) groups excluding carboxylic acids is 9. The Kier molecular flexibility index (Phi) is 35.1. The zero-order valence-corrected chi connectivity index (χ0v) is 49.0. The van der Waals surface area contributed by atoms with Crippen LogP contribution in [0.3, 0.4) is 0 Å². The summed E-state index contributed by atoms with van der Waals surface area (Å²) in [7, 11) is 0. The van der Waals surface area contributed by atoms with E-state index in [4.69, 9.17) is 57.3 Å². The molecule has 84 heavy (non-hydrogen) atoms. The standard InChI is InChI=1S/C49H86N22O11S2/c1-25(2)20-31(67-42(78)33(22-36(51)72)69-44(80)34(23-83)70-37(73)27(50)12-6-16-60-46(52)53)40(76)68-32(21-26-10-4-3-5-11-26)41(77)64-29(14-8-18-62-48(56)57)39(75)71-35(24-84)43(79)65-28(13-7-17-61-47(54)55)38(74)66-30(45(81)82)15-9-19-63-49(58)59/h3-5,10-11,25,27-35,83-84H,6-9,12-24,50H2,1-2H3,(H2,51,72)(H,64,77)(H,65,79)(H,66,74)(H,67,78)(H,68,76)(H,69,80)(H,70,73)(H,71,75)(H,81,82)(H4,52,53,60)(H4,54,55,61)(H4,56,57,62)(H4,58,59,63)/t27-,28-,29-,30-,31-,32-,33-,34-,35-/m0/s1. The lowest BCUT2D eigenvalue weighted by molar-refractivity contribution is -0.142. The first-order chi connectivity index (χ1) is 39.6. The van der Waals surface area contributed by atoms with E-state index in [-0.39, 0.29) is 125 Å². The van der Waals surface area contributed by atoms with Gasteiger partial charge in [0, 0.05) is 44.1 Å². The molecule has 0 bridgehead atoms. The van der Waals surface area contributed by atoms with Crippen molar-refractivity contribution in [1.82, 2.24) is 42.5 Å². The van der Waals surface area contributed by atoms with Crippen LogP contribution < -0.4 is 99.9 Å². The van der Waals surface area contributed by atoms with Crippen LogP contribution >= 0.6 is 25.3 Å². The average Bonchev–Trinajstić information content (AvgIpc) is 3.49. The van der Waals surface area contributed by atoms with Gasteiger partial charge in [-0.2, -0.15) is 25.3 Å². The van der Waals surface area contributed by atoms with Crippen molar-refractivity contribution >= 4 is 108 Å². The van der Waals surface area contributed by atoms with Crippen molar-refractivity contribution < 1.29 is 53.1 Å². The summed E-state index contributed by atoms with van der Waals surface area (Å²) in [5.74, 6) is -11.5. The van der Waals surface area contributed by atoms with Crippen LogP contribution in [0.5, 0.6) is 0 Å². The van der Waals surface area contributed by atoms with Gasteiger partial charge in [-0.3, -0.25) is 63.1 Å². The summed E-state index contributed by atoms with van der Waals surface area (Å²) in [6.45, 7) is 3.74. The van der Waals surface area contributed by atoms with Gasteiger partial charge in [0.25, 0.3) is 0 Å². The SMILES string of the molecule is CC(C)C[C@H](NC(=O)[C@H](CC(N)=O)NC(=O)[C@H](CS)NC(=O)[C@@H](N)CCCN=C(N)N)C(=O)N[C@@H](Cc1ccccc1)C(=O)N[C@@H](CCCN=C(N)N)C(=O)N[C@@H](CS)C(=O)N[C@@H](CCCN=C(N)N)C(=O)N[C@@H](CCCN=C(N)N)C(=O)O. The molecule has 0 radical (unpaired) electrons. The molecule has 0 aromatic heterocycles. The molecule has 35 heteroatoms. The third-order valence-electron chi connectivity index (χ3n) is 11.9. The maximum absolute atomic E-state index is 14.5. The van der Waals surface area contributed by atoms with Crippen LogP contribution in [0, 0.1) is 5.92 Å². The van der Waals surface area contributed by atoms with Crippen LogP contribution in [0.2, 0.25) is 0 Å². The summed E-state index contributed by atoms with van der Waals surface area (Å²) < 4.78 is 0. The molecule has 29 N–H and O–H groups in total. The number of carboxylic acid groups (broad SMARTS) is 1. The van der Waals surface area contributed by atoms with Crippen LogP contribution in [0.15, 0.2) is 50.3 Å². The Bertz CT molecular complexity index is 2460. The molecule has 0 spiro atoms. The largest absolute Gasteiger partial charge is 0.480 e. The number of primary amides is 1. The van der Waals surface area contributed by atoms with E-state index in [1.54, 1.807) is 44.2 Å². The highest BCUT2D eigenvalue weighted by atomic mass is 32.1. The second-order valence-corrected chi connectivity index (χ2v) is 20.3. The van der Waals surface area contributed by atoms with Gasteiger partial charge < -0.3 is 105 Å². The van der Waals surface area contributed by atoms with Crippen molar-refractivity contribution in [3.63, 3.8) is 0 Å². The zero-order valence-electron chi connectivity index (χ0n) is 47.2. The first-order valence-electron chi connectivity index (χ1n) is 26.8. The molecule has 0 aliphatic carbocycles. The molecule has 1 aromatic rings. The number of hydrogen-bond acceptors (Lipinski definition) is 17. The van der Waals surface area contributed by atoms with Gasteiger partial charge in [0.1, 0.15) is 48.3 Å². The van der Waals surface area contributed by atoms with Gasteiger partial charge in [-0.05, 0) is 69.3 Å². The van der Waals surface area contributed by atoms with E-state index in [0.717, 1.165) is 0 Å². The molecule has 470 valence electrons. The van der Waals surface area contributed by atoms with E-state index in [1.165, 1.54) is 0 Å². The lowest BCUT2D eigenvalue weighted by atomic mass is 10.00. The first kappa shape index (κ1) is 73.7. The number of amides is 9. The molecule has 0 aliphatic rings. The van der Waals surface area contributed by atoms with E-state index in [9.17, 15) is 53.1 Å². The molecule has 0 heterocycles. The highest BCUT2D eigenvalue weighted by molar-refractivity contribution is 7.80. The Morgan fingerprint density at radius 3 is 1.17 bits per heavy atom. The van der Waals surface area contributed by atoms with Gasteiger partial charge in [0.2, 0.25) is 53.2 Å². The molecule has 1 aromatic carbocycles. The maximum Gasteiger partial charge on any atom is 0.326 e. The van der Waals surface area contributed by atoms with Crippen molar-refractivity contribution in [1.29, 1.82) is 0 Å². The lowest BCUT2D eigenvalue weighted by Gasteiger charge is -2.28. The number of aliphatic carboxylic acids is 1. The zero-order chi connectivity index (χ0) is 63.5. The Morgan fingerprint density at radius 1 is 0.440 bits per heavy atom. The Balaban J connectivity index is 3.58. The van der Waals surface area contributed by atoms with Crippen molar-refractivity contribution in [2.24, 2.45) is 83.2 Å². The third-order valence-corrected chi connectivity index (χ3v) is 12.7. The summed E-state index contributed by atoms with van der Waals surface area (Å²) in [6, 6.07) is -4.38. The van der Waals surface area contributed by atoms with Gasteiger partial charge in [-0.15, -0.1) is 0 Å². The van der Waals surface area contributed by atoms with Crippen molar-refractivity contribution in [2.45, 2.75) is 139 Å². The summed E-state index contributed by atoms with van der Waals surface area (Å²) >= 11 is 8.44. The third kappa shape index (κ3) is 31.2. The van der Waals surface area contributed by atoms with Crippen LogP contribution in [-0.4, -0.2) is 180 Å². The number of nitrogens with one attached hydrogen (secondary N) is 8. The van der Waals surface area contributed by atoms with Gasteiger partial charge >= 0.3 is 5.97 Å². The Labute approximate surface area is 497 Å². The van der Waals surface area contributed by atoms with Crippen LogP contribution in [0.4, 0.5) is 0 Å². The van der Waals surface area contributed by atoms with Crippen molar-refractivity contribution in [2.75, 3.05) is 37.7 Å². The smallest absolute Gasteiger partial charge is 0.326 e. The van der Waals surface area contributed by atoms with Gasteiger partial charge in [-0.1, -0.05) is 44.2 Å². The lowest BCUT2D eigenvalue weighted by Crippen LogP contribution is -2.61. The molecule has 9 atom stereocenters. The van der Waals surface area contributed by atoms with E-state index in [0.29, 0.717) is 12.0 Å². The molecular weight excluding hydrogens is 1140 g/mol. The molecule has 9 amide bonds. The number of guanidine groups is 4.